The second-order valence-corrected chi connectivity index (χ2v) is 9.73. The summed E-state index contributed by atoms with van der Waals surface area (Å²) < 4.78 is 14.7. The van der Waals surface area contributed by atoms with E-state index in [1.807, 2.05) is 30.3 Å². The first-order chi connectivity index (χ1) is 15.9. The number of hydrogen-bond acceptors (Lipinski definition) is 4. The highest BCUT2D eigenvalue weighted by molar-refractivity contribution is 5.96. The molecule has 2 N–H and O–H groups in total. The standard InChI is InChI=1S/C26H28FN5O/c1-26(2)6-9-32(10-7-26)16-21-13-19-11-17(3-4-22(19)31-23(21)27)14-30-25(33)20-12-18-5-8-28-24(18)29-15-20/h3-5,8,11-13,15H,6-7,9-10,14,16H2,1-2H3,(H,28,29)(H,30,33). The van der Waals surface area contributed by atoms with Crippen LogP contribution in [-0.2, 0) is 13.1 Å². The third-order valence-corrected chi connectivity index (χ3v) is 6.62. The quantitative estimate of drug-likeness (QED) is 0.433. The van der Waals surface area contributed by atoms with E-state index in [0.29, 0.717) is 35.1 Å². The molecule has 1 amide bonds. The number of halogens is 1. The van der Waals surface area contributed by atoms with Crippen LogP contribution in [-0.4, -0.2) is 38.8 Å². The molecule has 1 saturated heterocycles. The number of carbonyl (C=O) groups excluding carboxylic acids is 1. The Kier molecular flexibility index (Phi) is 5.58. The maximum Gasteiger partial charge on any atom is 0.253 e. The lowest BCUT2D eigenvalue weighted by Gasteiger charge is -2.36. The molecule has 1 aliphatic heterocycles. The molecule has 4 heterocycles. The van der Waals surface area contributed by atoms with Gasteiger partial charge in [-0.15, -0.1) is 0 Å². The van der Waals surface area contributed by atoms with Crippen molar-refractivity contribution in [1.29, 1.82) is 0 Å². The van der Waals surface area contributed by atoms with Crippen LogP contribution < -0.4 is 5.32 Å². The summed E-state index contributed by atoms with van der Waals surface area (Å²) in [6, 6.07) is 11.2. The van der Waals surface area contributed by atoms with E-state index in [1.165, 1.54) is 0 Å². The Labute approximate surface area is 192 Å². The number of piperidine rings is 1. The molecule has 1 aromatic carbocycles. The summed E-state index contributed by atoms with van der Waals surface area (Å²) in [5.41, 5.74) is 3.80. The fourth-order valence-corrected chi connectivity index (χ4v) is 4.37. The number of pyridine rings is 2. The normalized spacial score (nSPS) is 16.3. The molecule has 0 unspecified atom stereocenters. The van der Waals surface area contributed by atoms with Crippen LogP contribution in [0, 0.1) is 11.4 Å². The second kappa shape index (κ2) is 8.56. The van der Waals surface area contributed by atoms with Crippen molar-refractivity contribution in [1.82, 2.24) is 25.2 Å². The molecular weight excluding hydrogens is 417 g/mol. The van der Waals surface area contributed by atoms with Gasteiger partial charge in [0.25, 0.3) is 5.91 Å². The number of fused-ring (bicyclic) bond motifs is 2. The number of amides is 1. The summed E-state index contributed by atoms with van der Waals surface area (Å²) in [4.78, 5) is 26.4. The highest BCUT2D eigenvalue weighted by Crippen LogP contribution is 2.30. The average molecular weight is 446 g/mol. The molecule has 3 aromatic heterocycles. The minimum Gasteiger partial charge on any atom is -0.348 e. The van der Waals surface area contributed by atoms with Crippen molar-refractivity contribution in [2.75, 3.05) is 13.1 Å². The predicted molar refractivity (Wildman–Crippen MR) is 127 cm³/mol. The molecule has 7 heteroatoms. The van der Waals surface area contributed by atoms with Gasteiger partial charge in [0.1, 0.15) is 5.65 Å². The smallest absolute Gasteiger partial charge is 0.253 e. The van der Waals surface area contributed by atoms with Gasteiger partial charge >= 0.3 is 0 Å². The highest BCUT2D eigenvalue weighted by Gasteiger charge is 2.25. The summed E-state index contributed by atoms with van der Waals surface area (Å²) in [6.45, 7) is 7.46. The third-order valence-electron chi connectivity index (χ3n) is 6.62. The van der Waals surface area contributed by atoms with E-state index in [1.54, 1.807) is 18.5 Å². The van der Waals surface area contributed by atoms with E-state index in [-0.39, 0.29) is 5.91 Å². The van der Waals surface area contributed by atoms with Gasteiger partial charge in [-0.25, -0.2) is 9.97 Å². The van der Waals surface area contributed by atoms with Crippen LogP contribution in [0.2, 0.25) is 0 Å². The summed E-state index contributed by atoms with van der Waals surface area (Å²) in [6.07, 6.45) is 5.60. The number of hydrogen-bond donors (Lipinski definition) is 2. The van der Waals surface area contributed by atoms with E-state index >= 15 is 0 Å². The maximum absolute atomic E-state index is 14.7. The maximum atomic E-state index is 14.7. The minimum absolute atomic E-state index is 0.184. The van der Waals surface area contributed by atoms with Crippen LogP contribution in [0.5, 0.6) is 0 Å². The Morgan fingerprint density at radius 1 is 1.15 bits per heavy atom. The Hall–Kier alpha value is -3.32. The van der Waals surface area contributed by atoms with Crippen LogP contribution >= 0.6 is 0 Å². The van der Waals surface area contributed by atoms with Crippen molar-refractivity contribution in [2.24, 2.45) is 5.41 Å². The SMILES string of the molecule is CC1(C)CCN(Cc2cc3cc(CNC(=O)c4cnc5[nH]ccc5c4)ccc3nc2F)CC1. The topological polar surface area (TPSA) is 73.9 Å². The van der Waals surface area contributed by atoms with Crippen molar-refractivity contribution in [3.8, 4) is 0 Å². The Bertz CT molecular complexity index is 1320. The molecule has 0 radical (unpaired) electrons. The van der Waals surface area contributed by atoms with Gasteiger partial charge in [0.05, 0.1) is 11.1 Å². The molecule has 0 bridgehead atoms. The van der Waals surface area contributed by atoms with Gasteiger partial charge in [0.15, 0.2) is 0 Å². The fraction of sp³-hybridized carbons (Fsp3) is 0.346. The summed E-state index contributed by atoms with van der Waals surface area (Å²) >= 11 is 0. The van der Waals surface area contributed by atoms with Gasteiger partial charge in [-0.05, 0) is 67.2 Å². The molecule has 0 aliphatic carbocycles. The van der Waals surface area contributed by atoms with E-state index in [9.17, 15) is 9.18 Å². The molecule has 33 heavy (non-hydrogen) atoms. The van der Waals surface area contributed by atoms with Gasteiger partial charge in [-0.2, -0.15) is 4.39 Å². The molecule has 1 aliphatic rings. The highest BCUT2D eigenvalue weighted by atomic mass is 19.1. The van der Waals surface area contributed by atoms with Crippen LogP contribution in [0.1, 0.15) is 48.2 Å². The second-order valence-electron chi connectivity index (χ2n) is 9.73. The van der Waals surface area contributed by atoms with Gasteiger partial charge in [0.2, 0.25) is 5.95 Å². The summed E-state index contributed by atoms with van der Waals surface area (Å²) in [5.74, 6) is -0.585. The molecule has 170 valence electrons. The van der Waals surface area contributed by atoms with Crippen molar-refractivity contribution >= 4 is 27.8 Å². The zero-order valence-electron chi connectivity index (χ0n) is 19.0. The van der Waals surface area contributed by atoms with Crippen LogP contribution in [0.15, 0.2) is 48.8 Å². The monoisotopic (exact) mass is 445 g/mol. The molecule has 0 atom stereocenters. The molecule has 6 nitrogen and oxygen atoms in total. The molecule has 4 aromatic rings. The largest absolute Gasteiger partial charge is 0.348 e. The molecule has 5 rings (SSSR count). The number of rotatable bonds is 5. The average Bonchev–Trinajstić information content (AvgIpc) is 3.27. The first kappa shape index (κ1) is 21.5. The van der Waals surface area contributed by atoms with Crippen molar-refractivity contribution < 1.29 is 9.18 Å². The molecule has 1 fully saturated rings. The van der Waals surface area contributed by atoms with Gasteiger partial charge in [-0.3, -0.25) is 9.69 Å². The van der Waals surface area contributed by atoms with Crippen LogP contribution in [0.25, 0.3) is 21.9 Å². The predicted octanol–water partition coefficient (Wildman–Crippen LogP) is 4.80. The Balaban J connectivity index is 1.29. The van der Waals surface area contributed by atoms with Crippen molar-refractivity contribution in [3.63, 3.8) is 0 Å². The summed E-state index contributed by atoms with van der Waals surface area (Å²) in [7, 11) is 0. The minimum atomic E-state index is -0.402. The van der Waals surface area contributed by atoms with E-state index in [2.05, 4.69) is 39.0 Å². The van der Waals surface area contributed by atoms with Crippen molar-refractivity contribution in [3.05, 3.63) is 71.4 Å². The molecular formula is C26H28FN5O. The lowest BCUT2D eigenvalue weighted by Crippen LogP contribution is -2.37. The Morgan fingerprint density at radius 2 is 1.97 bits per heavy atom. The Morgan fingerprint density at radius 3 is 2.79 bits per heavy atom. The summed E-state index contributed by atoms with van der Waals surface area (Å²) in [5, 5.41) is 4.72. The number of carbonyl (C=O) groups is 1. The first-order valence-corrected chi connectivity index (χ1v) is 11.4. The molecule has 0 spiro atoms. The zero-order chi connectivity index (χ0) is 23.0. The number of nitrogens with zero attached hydrogens (tertiary/aromatic N) is 3. The fourth-order valence-electron chi connectivity index (χ4n) is 4.37. The van der Waals surface area contributed by atoms with Crippen LogP contribution in [0.4, 0.5) is 4.39 Å². The number of likely N-dealkylation sites (tertiary alicyclic amines) is 1. The lowest BCUT2D eigenvalue weighted by molar-refractivity contribution is 0.0950. The number of aromatic amines is 1. The van der Waals surface area contributed by atoms with Crippen molar-refractivity contribution in [2.45, 2.75) is 39.8 Å². The first-order valence-electron chi connectivity index (χ1n) is 11.4. The lowest BCUT2D eigenvalue weighted by atomic mass is 9.82. The van der Waals surface area contributed by atoms with E-state index < -0.39 is 5.95 Å². The van der Waals surface area contributed by atoms with Crippen LogP contribution in [0.3, 0.4) is 0 Å². The van der Waals surface area contributed by atoms with Gasteiger partial charge < -0.3 is 10.3 Å². The number of H-pyrrole nitrogens is 1. The van der Waals surface area contributed by atoms with Gasteiger partial charge in [-0.1, -0.05) is 19.9 Å². The molecule has 0 saturated carbocycles. The van der Waals surface area contributed by atoms with Gasteiger partial charge in [0, 0.05) is 41.8 Å². The van der Waals surface area contributed by atoms with E-state index in [0.717, 1.165) is 47.9 Å². The number of benzene rings is 1. The number of aromatic nitrogens is 3. The zero-order valence-corrected chi connectivity index (χ0v) is 19.0. The number of nitrogens with one attached hydrogen (secondary N) is 2. The van der Waals surface area contributed by atoms with E-state index in [4.69, 9.17) is 0 Å². The third kappa shape index (κ3) is 4.73.